The molecule has 2 heterocycles. The van der Waals surface area contributed by atoms with Crippen molar-refractivity contribution in [2.24, 2.45) is 0 Å². The van der Waals surface area contributed by atoms with Crippen LogP contribution in [0.15, 0.2) is 53.1 Å². The molecular formula is C22H19ClN2O7S. The Hall–Kier alpha value is -3.63. The molecule has 172 valence electrons. The fourth-order valence-electron chi connectivity index (χ4n) is 2.76. The molecular weight excluding hydrogens is 472 g/mol. The summed E-state index contributed by atoms with van der Waals surface area (Å²) in [6, 6.07) is 11.9. The van der Waals surface area contributed by atoms with Gasteiger partial charge in [0.2, 0.25) is 0 Å². The van der Waals surface area contributed by atoms with Crippen LogP contribution in [0.3, 0.4) is 0 Å². The summed E-state index contributed by atoms with van der Waals surface area (Å²) in [4.78, 5) is 48.5. The molecule has 3 aromatic rings. The van der Waals surface area contributed by atoms with E-state index in [-0.39, 0.29) is 27.3 Å². The zero-order valence-electron chi connectivity index (χ0n) is 17.4. The summed E-state index contributed by atoms with van der Waals surface area (Å²) in [5, 5.41) is 5.02. The van der Waals surface area contributed by atoms with Gasteiger partial charge in [0.15, 0.2) is 12.4 Å². The molecule has 0 saturated heterocycles. The molecule has 0 aliphatic carbocycles. The van der Waals surface area contributed by atoms with Crippen LogP contribution < -0.4 is 10.6 Å². The van der Waals surface area contributed by atoms with Crippen LogP contribution in [0.1, 0.15) is 27.8 Å². The number of anilines is 1. The van der Waals surface area contributed by atoms with E-state index in [1.807, 2.05) is 6.07 Å². The highest BCUT2D eigenvalue weighted by molar-refractivity contribution is 7.21. The molecule has 1 aromatic carbocycles. The molecule has 0 bridgehead atoms. The maximum atomic E-state index is 12.6. The molecule has 0 saturated carbocycles. The standard InChI is InChI=1S/C22H19ClN2O7S/c1-2-30-22(29)18-17(13-7-4-3-5-8-13)19(23)33-21(18)25-15(26)12-32-16(27)11-24-20(28)14-9-6-10-31-14/h3-10H,2,11-12H2,1H3,(H,24,28)(H,25,26). The van der Waals surface area contributed by atoms with E-state index < -0.39 is 36.9 Å². The second-order valence-electron chi connectivity index (χ2n) is 6.41. The highest BCUT2D eigenvalue weighted by Crippen LogP contribution is 2.43. The van der Waals surface area contributed by atoms with Gasteiger partial charge in [0.05, 0.1) is 12.9 Å². The molecule has 0 atom stereocenters. The van der Waals surface area contributed by atoms with Crippen LogP contribution >= 0.6 is 22.9 Å². The van der Waals surface area contributed by atoms with Gasteiger partial charge in [-0.05, 0) is 24.6 Å². The van der Waals surface area contributed by atoms with E-state index in [1.54, 1.807) is 31.2 Å². The predicted octanol–water partition coefficient (Wildman–Crippen LogP) is 3.75. The lowest BCUT2D eigenvalue weighted by Gasteiger charge is -2.09. The van der Waals surface area contributed by atoms with Crippen molar-refractivity contribution in [3.63, 3.8) is 0 Å². The van der Waals surface area contributed by atoms with Crippen molar-refractivity contribution in [1.82, 2.24) is 5.32 Å². The SMILES string of the molecule is CCOC(=O)c1c(NC(=O)COC(=O)CNC(=O)c2ccco2)sc(Cl)c1-c1ccccc1. The van der Waals surface area contributed by atoms with E-state index in [1.165, 1.54) is 18.4 Å². The Morgan fingerprint density at radius 3 is 2.48 bits per heavy atom. The van der Waals surface area contributed by atoms with Crippen molar-refractivity contribution in [3.05, 3.63) is 64.4 Å². The van der Waals surface area contributed by atoms with Gasteiger partial charge < -0.3 is 24.5 Å². The van der Waals surface area contributed by atoms with Crippen molar-refractivity contribution in [1.29, 1.82) is 0 Å². The number of amides is 2. The van der Waals surface area contributed by atoms with Gasteiger partial charge in [-0.2, -0.15) is 0 Å². The van der Waals surface area contributed by atoms with Crippen LogP contribution in [-0.2, 0) is 19.1 Å². The third-order valence-corrected chi connectivity index (χ3v) is 5.48. The minimum atomic E-state index is -0.829. The first-order chi connectivity index (χ1) is 15.9. The highest BCUT2D eigenvalue weighted by atomic mass is 35.5. The minimum Gasteiger partial charge on any atom is -0.462 e. The number of nitrogens with one attached hydrogen (secondary N) is 2. The molecule has 33 heavy (non-hydrogen) atoms. The van der Waals surface area contributed by atoms with Crippen molar-refractivity contribution < 1.29 is 33.1 Å². The lowest BCUT2D eigenvalue weighted by atomic mass is 10.0. The Labute approximate surface area is 197 Å². The number of hydrogen-bond donors (Lipinski definition) is 2. The zero-order chi connectivity index (χ0) is 23.8. The van der Waals surface area contributed by atoms with Crippen LogP contribution in [-0.4, -0.2) is 43.5 Å². The molecule has 2 amide bonds. The molecule has 0 spiro atoms. The fraction of sp³-hybridized carbons (Fsp3) is 0.182. The fourth-order valence-corrected chi connectivity index (χ4v) is 4.15. The summed E-state index contributed by atoms with van der Waals surface area (Å²) in [6.45, 7) is 0.712. The molecule has 9 nitrogen and oxygen atoms in total. The second-order valence-corrected chi connectivity index (χ2v) is 8.03. The third-order valence-electron chi connectivity index (χ3n) is 4.16. The number of carbonyl (C=O) groups excluding carboxylic acids is 4. The summed E-state index contributed by atoms with van der Waals surface area (Å²) < 4.78 is 15.2. The number of rotatable bonds is 9. The van der Waals surface area contributed by atoms with Crippen molar-refractivity contribution in [2.75, 3.05) is 25.1 Å². The van der Waals surface area contributed by atoms with Crippen LogP contribution in [0.4, 0.5) is 5.00 Å². The van der Waals surface area contributed by atoms with Crippen molar-refractivity contribution >= 4 is 51.7 Å². The first-order valence-electron chi connectivity index (χ1n) is 9.72. The van der Waals surface area contributed by atoms with E-state index in [9.17, 15) is 19.2 Å². The topological polar surface area (TPSA) is 124 Å². The number of furan rings is 1. The van der Waals surface area contributed by atoms with Gasteiger partial charge in [0.1, 0.15) is 21.4 Å². The number of esters is 2. The Bertz CT molecular complexity index is 1140. The average Bonchev–Trinajstić information content (AvgIpc) is 3.45. The summed E-state index contributed by atoms with van der Waals surface area (Å²) in [7, 11) is 0. The van der Waals surface area contributed by atoms with Gasteiger partial charge in [-0.15, -0.1) is 11.3 Å². The molecule has 0 radical (unpaired) electrons. The second kappa shape index (κ2) is 11.3. The number of thiophene rings is 1. The predicted molar refractivity (Wildman–Crippen MR) is 121 cm³/mol. The molecule has 2 N–H and O–H groups in total. The molecule has 0 aliphatic rings. The summed E-state index contributed by atoms with van der Waals surface area (Å²) in [5.74, 6) is -2.72. The van der Waals surface area contributed by atoms with Gasteiger partial charge in [-0.25, -0.2) is 4.79 Å². The van der Waals surface area contributed by atoms with E-state index in [0.717, 1.165) is 11.3 Å². The van der Waals surface area contributed by atoms with E-state index in [2.05, 4.69) is 10.6 Å². The number of ether oxygens (including phenoxy) is 2. The van der Waals surface area contributed by atoms with Crippen LogP contribution in [0.25, 0.3) is 11.1 Å². The van der Waals surface area contributed by atoms with E-state index in [0.29, 0.717) is 11.1 Å². The normalized spacial score (nSPS) is 10.4. The zero-order valence-corrected chi connectivity index (χ0v) is 19.0. The first kappa shape index (κ1) is 24.0. The Morgan fingerprint density at radius 1 is 1.06 bits per heavy atom. The quantitative estimate of drug-likeness (QED) is 0.438. The number of hydrogen-bond acceptors (Lipinski definition) is 8. The monoisotopic (exact) mass is 490 g/mol. The van der Waals surface area contributed by atoms with Crippen LogP contribution in [0.5, 0.6) is 0 Å². The summed E-state index contributed by atoms with van der Waals surface area (Å²) >= 11 is 7.37. The smallest absolute Gasteiger partial charge is 0.341 e. The van der Waals surface area contributed by atoms with Crippen molar-refractivity contribution in [3.8, 4) is 11.1 Å². The highest BCUT2D eigenvalue weighted by Gasteiger charge is 2.26. The molecule has 3 rings (SSSR count). The Balaban J connectivity index is 1.64. The summed E-state index contributed by atoms with van der Waals surface area (Å²) in [5.41, 5.74) is 1.23. The van der Waals surface area contributed by atoms with Gasteiger partial charge >= 0.3 is 11.9 Å². The molecule has 0 aliphatic heterocycles. The first-order valence-corrected chi connectivity index (χ1v) is 10.9. The van der Waals surface area contributed by atoms with Gasteiger partial charge in [-0.3, -0.25) is 14.4 Å². The minimum absolute atomic E-state index is 0.0378. The molecule has 11 heteroatoms. The van der Waals surface area contributed by atoms with E-state index in [4.69, 9.17) is 25.5 Å². The number of halogens is 1. The van der Waals surface area contributed by atoms with Gasteiger partial charge in [0.25, 0.3) is 11.8 Å². The number of carbonyl (C=O) groups is 4. The number of benzene rings is 1. The average molecular weight is 491 g/mol. The summed E-state index contributed by atoms with van der Waals surface area (Å²) in [6.07, 6.45) is 1.32. The van der Waals surface area contributed by atoms with Crippen molar-refractivity contribution in [2.45, 2.75) is 6.92 Å². The molecule has 0 unspecified atom stereocenters. The third kappa shape index (κ3) is 6.21. The maximum absolute atomic E-state index is 12.6. The van der Waals surface area contributed by atoms with Gasteiger partial charge in [-0.1, -0.05) is 41.9 Å². The Kier molecular flexibility index (Phi) is 8.22. The lowest BCUT2D eigenvalue weighted by Crippen LogP contribution is -2.32. The van der Waals surface area contributed by atoms with Crippen LogP contribution in [0.2, 0.25) is 4.34 Å². The molecule has 2 aromatic heterocycles. The maximum Gasteiger partial charge on any atom is 0.341 e. The van der Waals surface area contributed by atoms with E-state index >= 15 is 0 Å². The largest absolute Gasteiger partial charge is 0.462 e. The van der Waals surface area contributed by atoms with Crippen LogP contribution in [0, 0.1) is 0 Å². The van der Waals surface area contributed by atoms with Gasteiger partial charge in [0, 0.05) is 5.56 Å². The lowest BCUT2D eigenvalue weighted by molar-refractivity contribution is -0.146. The Morgan fingerprint density at radius 2 is 1.82 bits per heavy atom. The molecule has 0 fully saturated rings.